The van der Waals surface area contributed by atoms with Crippen LogP contribution in [0.3, 0.4) is 0 Å². The Morgan fingerprint density at radius 3 is 2.47 bits per heavy atom. The molecule has 106 valence electrons. The highest BCUT2D eigenvalue weighted by atomic mass is 35.5. The molecule has 3 nitrogen and oxygen atoms in total. The lowest BCUT2D eigenvalue weighted by Crippen LogP contribution is -2.46. The smallest absolute Gasteiger partial charge is 0.266 e. The summed E-state index contributed by atoms with van der Waals surface area (Å²) in [6.45, 7) is 2.16. The quantitative estimate of drug-likeness (QED) is 0.907. The van der Waals surface area contributed by atoms with Gasteiger partial charge < -0.3 is 10.2 Å². The van der Waals surface area contributed by atoms with Crippen molar-refractivity contribution in [2.75, 3.05) is 26.2 Å². The number of nitrogens with one attached hydrogen (secondary N) is 1. The zero-order chi connectivity index (χ0) is 13.1. The highest BCUT2D eigenvalue weighted by molar-refractivity contribution is 5.94. The number of halogens is 4. The lowest BCUT2D eigenvalue weighted by Gasteiger charge is -2.27. The van der Waals surface area contributed by atoms with Crippen molar-refractivity contribution in [2.24, 2.45) is 0 Å². The molecule has 1 amide bonds. The second-order valence-corrected chi connectivity index (χ2v) is 4.05. The van der Waals surface area contributed by atoms with Crippen LogP contribution in [0, 0.1) is 5.82 Å². The first-order valence-electron chi connectivity index (χ1n) is 5.68. The minimum absolute atomic E-state index is 0. The minimum Gasteiger partial charge on any atom is -0.336 e. The van der Waals surface area contributed by atoms with Crippen LogP contribution in [-0.4, -0.2) is 37.0 Å². The molecule has 0 radical (unpaired) electrons. The van der Waals surface area contributed by atoms with Crippen molar-refractivity contribution < 1.29 is 18.0 Å². The summed E-state index contributed by atoms with van der Waals surface area (Å²) in [5, 5.41) is 3.06. The van der Waals surface area contributed by atoms with E-state index in [1.165, 1.54) is 17.0 Å². The second-order valence-electron chi connectivity index (χ2n) is 4.05. The van der Waals surface area contributed by atoms with Gasteiger partial charge in [0.2, 0.25) is 0 Å². The zero-order valence-electron chi connectivity index (χ0n) is 10.0. The summed E-state index contributed by atoms with van der Waals surface area (Å²) in [5.74, 6) is -1.65. The molecule has 1 heterocycles. The molecule has 0 saturated carbocycles. The molecule has 1 aliphatic rings. The lowest BCUT2D eigenvalue weighted by molar-refractivity contribution is 0.0729. The van der Waals surface area contributed by atoms with Crippen LogP contribution in [0.5, 0.6) is 0 Å². The van der Waals surface area contributed by atoms with Gasteiger partial charge in [-0.1, -0.05) is 12.1 Å². The molecule has 0 aliphatic carbocycles. The largest absolute Gasteiger partial charge is 0.336 e. The van der Waals surface area contributed by atoms with Crippen molar-refractivity contribution in [3.05, 3.63) is 35.1 Å². The number of rotatable bonds is 2. The van der Waals surface area contributed by atoms with Crippen molar-refractivity contribution in [3.63, 3.8) is 0 Å². The molecule has 19 heavy (non-hydrogen) atoms. The normalized spacial score (nSPS) is 15.3. The van der Waals surface area contributed by atoms with Gasteiger partial charge in [-0.25, -0.2) is 13.2 Å². The molecule has 0 atom stereocenters. The van der Waals surface area contributed by atoms with Crippen LogP contribution < -0.4 is 5.32 Å². The summed E-state index contributed by atoms with van der Waals surface area (Å²) in [7, 11) is 0. The Hall–Kier alpha value is -1.27. The van der Waals surface area contributed by atoms with Crippen LogP contribution in [0.4, 0.5) is 13.2 Å². The summed E-state index contributed by atoms with van der Waals surface area (Å²) in [4.78, 5) is 13.5. The monoisotopic (exact) mass is 294 g/mol. The van der Waals surface area contributed by atoms with Crippen LogP contribution in [0.2, 0.25) is 0 Å². The summed E-state index contributed by atoms with van der Waals surface area (Å²) in [6.07, 6.45) is -2.92. The standard InChI is InChI=1S/C12H13F3N2O.ClH/c13-10-8(11(14)15)2-1-3-9(10)12(18)17-6-4-16-5-7-17;/h1-3,11,16H,4-7H2;1H. The molecule has 0 bridgehead atoms. The van der Waals surface area contributed by atoms with Gasteiger partial charge in [0.1, 0.15) is 5.82 Å². The predicted molar refractivity (Wildman–Crippen MR) is 67.4 cm³/mol. The molecule has 0 spiro atoms. The molecule has 1 N–H and O–H groups in total. The van der Waals surface area contributed by atoms with Crippen LogP contribution in [0.25, 0.3) is 0 Å². The van der Waals surface area contributed by atoms with Gasteiger partial charge in [-0.3, -0.25) is 4.79 Å². The molecule has 1 aliphatic heterocycles. The maximum absolute atomic E-state index is 13.8. The first-order valence-corrected chi connectivity index (χ1v) is 5.68. The van der Waals surface area contributed by atoms with E-state index in [4.69, 9.17) is 0 Å². The molecule has 1 aromatic rings. The summed E-state index contributed by atoms with van der Waals surface area (Å²) in [5.41, 5.74) is -1.01. The number of amides is 1. The van der Waals surface area contributed by atoms with Crippen molar-refractivity contribution >= 4 is 18.3 Å². The number of carbonyl (C=O) groups excluding carboxylic acids is 1. The van der Waals surface area contributed by atoms with Crippen molar-refractivity contribution in [1.29, 1.82) is 0 Å². The first kappa shape index (κ1) is 15.8. The molecule has 1 aromatic carbocycles. The number of hydrogen-bond donors (Lipinski definition) is 1. The van der Waals surface area contributed by atoms with Gasteiger partial charge in [-0.05, 0) is 6.07 Å². The first-order chi connectivity index (χ1) is 8.61. The lowest BCUT2D eigenvalue weighted by atomic mass is 10.1. The number of benzene rings is 1. The van der Waals surface area contributed by atoms with Gasteiger partial charge in [0, 0.05) is 26.2 Å². The Bertz CT molecular complexity index is 451. The van der Waals surface area contributed by atoms with Gasteiger partial charge in [0.15, 0.2) is 0 Å². The van der Waals surface area contributed by atoms with Crippen LogP contribution in [0.1, 0.15) is 22.3 Å². The molecular formula is C12H14ClF3N2O. The van der Waals surface area contributed by atoms with E-state index in [2.05, 4.69) is 5.32 Å². The Morgan fingerprint density at radius 2 is 1.89 bits per heavy atom. The third kappa shape index (κ3) is 3.39. The SMILES string of the molecule is Cl.O=C(c1cccc(C(F)F)c1F)N1CCNCC1. The van der Waals surface area contributed by atoms with E-state index in [1.807, 2.05) is 0 Å². The van der Waals surface area contributed by atoms with Crippen molar-refractivity contribution in [1.82, 2.24) is 10.2 Å². The topological polar surface area (TPSA) is 32.3 Å². The number of carbonyl (C=O) groups is 1. The Labute approximate surface area is 115 Å². The number of hydrogen-bond acceptors (Lipinski definition) is 2. The van der Waals surface area contributed by atoms with Crippen molar-refractivity contribution in [2.45, 2.75) is 6.43 Å². The Balaban J connectivity index is 0.00000180. The summed E-state index contributed by atoms with van der Waals surface area (Å²) < 4.78 is 38.9. The molecular weight excluding hydrogens is 281 g/mol. The van der Waals surface area contributed by atoms with Gasteiger partial charge in [0.25, 0.3) is 12.3 Å². The maximum atomic E-state index is 13.8. The van der Waals surface area contributed by atoms with Gasteiger partial charge in [-0.15, -0.1) is 12.4 Å². The van der Waals surface area contributed by atoms with E-state index in [0.717, 1.165) is 6.07 Å². The van der Waals surface area contributed by atoms with Crippen molar-refractivity contribution in [3.8, 4) is 0 Å². The molecule has 2 rings (SSSR count). The molecule has 1 saturated heterocycles. The minimum atomic E-state index is -2.92. The fraction of sp³-hybridized carbons (Fsp3) is 0.417. The fourth-order valence-electron chi connectivity index (χ4n) is 1.92. The van der Waals surface area contributed by atoms with Crippen LogP contribution in [-0.2, 0) is 0 Å². The highest BCUT2D eigenvalue weighted by Crippen LogP contribution is 2.24. The predicted octanol–water partition coefficient (Wildman–Crippen LogP) is 2.23. The number of nitrogens with zero attached hydrogens (tertiary/aromatic N) is 1. The van der Waals surface area contributed by atoms with Gasteiger partial charge in [-0.2, -0.15) is 0 Å². The van der Waals surface area contributed by atoms with E-state index < -0.39 is 23.7 Å². The fourth-order valence-corrected chi connectivity index (χ4v) is 1.92. The van der Waals surface area contributed by atoms with E-state index in [1.54, 1.807) is 0 Å². The average Bonchev–Trinajstić information content (AvgIpc) is 2.39. The van der Waals surface area contributed by atoms with E-state index in [0.29, 0.717) is 26.2 Å². The third-order valence-corrected chi connectivity index (χ3v) is 2.90. The number of piperazine rings is 1. The van der Waals surface area contributed by atoms with E-state index >= 15 is 0 Å². The van der Waals surface area contributed by atoms with E-state index in [-0.39, 0.29) is 18.0 Å². The molecule has 0 unspecified atom stereocenters. The average molecular weight is 295 g/mol. The van der Waals surface area contributed by atoms with Crippen LogP contribution >= 0.6 is 12.4 Å². The third-order valence-electron chi connectivity index (χ3n) is 2.90. The summed E-state index contributed by atoms with van der Waals surface area (Å²) in [6, 6.07) is 3.51. The second kappa shape index (κ2) is 6.77. The zero-order valence-corrected chi connectivity index (χ0v) is 10.9. The highest BCUT2D eigenvalue weighted by Gasteiger charge is 2.24. The number of alkyl halides is 2. The molecule has 1 fully saturated rings. The van der Waals surface area contributed by atoms with Crippen LogP contribution in [0.15, 0.2) is 18.2 Å². The Morgan fingerprint density at radius 1 is 1.26 bits per heavy atom. The molecule has 0 aromatic heterocycles. The summed E-state index contributed by atoms with van der Waals surface area (Å²) >= 11 is 0. The van der Waals surface area contributed by atoms with Gasteiger partial charge in [0.05, 0.1) is 11.1 Å². The van der Waals surface area contributed by atoms with Gasteiger partial charge >= 0.3 is 0 Å². The molecule has 7 heteroatoms. The maximum Gasteiger partial charge on any atom is 0.266 e. The van der Waals surface area contributed by atoms with E-state index in [9.17, 15) is 18.0 Å². The Kier molecular flexibility index (Phi) is 5.62.